The molecule has 2 rings (SSSR count). The van der Waals surface area contributed by atoms with Crippen molar-refractivity contribution >= 4 is 12.0 Å². The topological polar surface area (TPSA) is 77.1 Å². The second-order valence-electron chi connectivity index (χ2n) is 5.46. The SMILES string of the molecule is CCOC(=O)NC1CCN(C(=O)COc2ccccc2OC)CC1. The maximum atomic E-state index is 12.3. The van der Waals surface area contributed by atoms with Crippen molar-refractivity contribution in [3.05, 3.63) is 24.3 Å². The van der Waals surface area contributed by atoms with E-state index >= 15 is 0 Å². The normalized spacial score (nSPS) is 14.8. The Morgan fingerprint density at radius 2 is 1.88 bits per heavy atom. The number of methoxy groups -OCH3 is 1. The fraction of sp³-hybridized carbons (Fsp3) is 0.529. The van der Waals surface area contributed by atoms with Gasteiger partial charge in [-0.05, 0) is 31.9 Å². The molecule has 0 radical (unpaired) electrons. The number of likely N-dealkylation sites (tertiary alicyclic amines) is 1. The molecule has 1 N–H and O–H groups in total. The molecule has 0 atom stereocenters. The molecule has 1 aliphatic heterocycles. The zero-order valence-electron chi connectivity index (χ0n) is 14.1. The molecule has 1 aromatic carbocycles. The molecular formula is C17H24N2O5. The highest BCUT2D eigenvalue weighted by Crippen LogP contribution is 2.25. The van der Waals surface area contributed by atoms with Crippen LogP contribution in [0.1, 0.15) is 19.8 Å². The Balaban J connectivity index is 1.75. The van der Waals surface area contributed by atoms with Gasteiger partial charge in [0.2, 0.25) is 0 Å². The first-order valence-electron chi connectivity index (χ1n) is 8.11. The summed E-state index contributed by atoms with van der Waals surface area (Å²) in [4.78, 5) is 25.4. The van der Waals surface area contributed by atoms with Crippen molar-refractivity contribution in [2.75, 3.05) is 33.4 Å². The van der Waals surface area contributed by atoms with Gasteiger partial charge in [0.1, 0.15) is 0 Å². The predicted octanol–water partition coefficient (Wildman–Crippen LogP) is 1.81. The Morgan fingerprint density at radius 1 is 1.21 bits per heavy atom. The minimum atomic E-state index is -0.401. The summed E-state index contributed by atoms with van der Waals surface area (Å²) < 4.78 is 15.6. The lowest BCUT2D eigenvalue weighted by Crippen LogP contribution is -2.47. The van der Waals surface area contributed by atoms with Gasteiger partial charge in [0.25, 0.3) is 5.91 Å². The summed E-state index contributed by atoms with van der Waals surface area (Å²) in [5.41, 5.74) is 0. The quantitative estimate of drug-likeness (QED) is 0.857. The minimum Gasteiger partial charge on any atom is -0.493 e. The van der Waals surface area contributed by atoms with Crippen molar-refractivity contribution in [1.29, 1.82) is 0 Å². The number of para-hydroxylation sites is 2. The highest BCUT2D eigenvalue weighted by molar-refractivity contribution is 5.78. The van der Waals surface area contributed by atoms with Crippen LogP contribution in [0.15, 0.2) is 24.3 Å². The van der Waals surface area contributed by atoms with Crippen LogP contribution in [0.3, 0.4) is 0 Å². The van der Waals surface area contributed by atoms with E-state index in [0.29, 0.717) is 44.0 Å². The number of alkyl carbamates (subject to hydrolysis) is 1. The standard InChI is InChI=1S/C17H24N2O5/c1-3-23-17(21)18-13-8-10-19(11-9-13)16(20)12-24-15-7-5-4-6-14(15)22-2/h4-7,13H,3,8-12H2,1-2H3,(H,18,21). The monoisotopic (exact) mass is 336 g/mol. The number of hydrogen-bond donors (Lipinski definition) is 1. The van der Waals surface area contributed by atoms with Crippen molar-refractivity contribution in [2.24, 2.45) is 0 Å². The molecule has 1 aliphatic rings. The van der Waals surface area contributed by atoms with E-state index in [2.05, 4.69) is 5.32 Å². The molecule has 0 spiro atoms. The van der Waals surface area contributed by atoms with Crippen molar-refractivity contribution in [2.45, 2.75) is 25.8 Å². The molecule has 2 amide bonds. The van der Waals surface area contributed by atoms with Crippen molar-refractivity contribution in [3.63, 3.8) is 0 Å². The van der Waals surface area contributed by atoms with Gasteiger partial charge >= 0.3 is 6.09 Å². The van der Waals surface area contributed by atoms with Gasteiger partial charge in [-0.2, -0.15) is 0 Å². The molecule has 0 saturated carbocycles. The van der Waals surface area contributed by atoms with E-state index in [9.17, 15) is 9.59 Å². The van der Waals surface area contributed by atoms with Crippen LogP contribution in [0.4, 0.5) is 4.79 Å². The van der Waals surface area contributed by atoms with Crippen molar-refractivity contribution in [3.8, 4) is 11.5 Å². The average Bonchev–Trinajstić information content (AvgIpc) is 2.60. The molecular weight excluding hydrogens is 312 g/mol. The number of nitrogens with zero attached hydrogens (tertiary/aromatic N) is 1. The number of benzene rings is 1. The number of hydrogen-bond acceptors (Lipinski definition) is 5. The number of rotatable bonds is 6. The molecule has 1 heterocycles. The summed E-state index contributed by atoms with van der Waals surface area (Å²) in [5.74, 6) is 1.07. The Kier molecular flexibility index (Phi) is 6.72. The summed E-state index contributed by atoms with van der Waals surface area (Å²) >= 11 is 0. The third-order valence-electron chi connectivity index (χ3n) is 3.87. The first-order chi connectivity index (χ1) is 11.6. The maximum Gasteiger partial charge on any atom is 0.407 e. The highest BCUT2D eigenvalue weighted by atomic mass is 16.5. The Hall–Kier alpha value is -2.44. The number of ether oxygens (including phenoxy) is 3. The van der Waals surface area contributed by atoms with Crippen LogP contribution >= 0.6 is 0 Å². The number of amides is 2. The number of carbonyl (C=O) groups is 2. The van der Waals surface area contributed by atoms with Crippen LogP contribution in [0.25, 0.3) is 0 Å². The molecule has 7 nitrogen and oxygen atoms in total. The molecule has 7 heteroatoms. The summed E-state index contributed by atoms with van der Waals surface area (Å²) in [7, 11) is 1.56. The van der Waals surface area contributed by atoms with Crippen LogP contribution in [0, 0.1) is 0 Å². The summed E-state index contributed by atoms with van der Waals surface area (Å²) in [6, 6.07) is 7.26. The Bertz CT molecular complexity index is 556. The van der Waals surface area contributed by atoms with Gasteiger partial charge in [0.05, 0.1) is 13.7 Å². The van der Waals surface area contributed by atoms with E-state index in [-0.39, 0.29) is 18.6 Å². The fourth-order valence-corrected chi connectivity index (χ4v) is 2.58. The first-order valence-corrected chi connectivity index (χ1v) is 8.11. The molecule has 24 heavy (non-hydrogen) atoms. The maximum absolute atomic E-state index is 12.3. The fourth-order valence-electron chi connectivity index (χ4n) is 2.58. The zero-order chi connectivity index (χ0) is 17.4. The Labute approximate surface area is 141 Å². The number of piperidine rings is 1. The van der Waals surface area contributed by atoms with Crippen molar-refractivity contribution < 1.29 is 23.8 Å². The minimum absolute atomic E-state index is 0.0314. The van der Waals surface area contributed by atoms with Gasteiger partial charge in [-0.15, -0.1) is 0 Å². The van der Waals surface area contributed by atoms with Crippen LogP contribution in [-0.4, -0.2) is 56.4 Å². The lowest BCUT2D eigenvalue weighted by atomic mass is 10.1. The predicted molar refractivity (Wildman–Crippen MR) is 88.2 cm³/mol. The second-order valence-corrected chi connectivity index (χ2v) is 5.46. The van der Waals surface area contributed by atoms with Gasteiger partial charge in [-0.25, -0.2) is 4.79 Å². The summed E-state index contributed by atoms with van der Waals surface area (Å²) in [6.07, 6.45) is 1.01. The lowest BCUT2D eigenvalue weighted by Gasteiger charge is -2.32. The van der Waals surface area contributed by atoms with Crippen LogP contribution in [-0.2, 0) is 9.53 Å². The number of nitrogens with one attached hydrogen (secondary N) is 1. The van der Waals surface area contributed by atoms with Gasteiger partial charge < -0.3 is 24.4 Å². The molecule has 1 fully saturated rings. The van der Waals surface area contributed by atoms with E-state index in [1.54, 1.807) is 31.1 Å². The Morgan fingerprint density at radius 3 is 2.50 bits per heavy atom. The molecule has 0 unspecified atom stereocenters. The molecule has 0 aromatic heterocycles. The van der Waals surface area contributed by atoms with Crippen LogP contribution in [0.2, 0.25) is 0 Å². The first kappa shape index (κ1) is 17.9. The zero-order valence-corrected chi connectivity index (χ0v) is 14.1. The van der Waals surface area contributed by atoms with Crippen molar-refractivity contribution in [1.82, 2.24) is 10.2 Å². The third-order valence-corrected chi connectivity index (χ3v) is 3.87. The van der Waals surface area contributed by atoms with E-state index in [4.69, 9.17) is 14.2 Å². The van der Waals surface area contributed by atoms with E-state index in [1.807, 2.05) is 12.1 Å². The van der Waals surface area contributed by atoms with Gasteiger partial charge in [0.15, 0.2) is 18.1 Å². The van der Waals surface area contributed by atoms with Gasteiger partial charge in [-0.1, -0.05) is 12.1 Å². The van der Waals surface area contributed by atoms with E-state index in [1.165, 1.54) is 0 Å². The molecule has 1 aromatic rings. The van der Waals surface area contributed by atoms with E-state index in [0.717, 1.165) is 0 Å². The van der Waals surface area contributed by atoms with Gasteiger partial charge in [-0.3, -0.25) is 4.79 Å². The largest absolute Gasteiger partial charge is 0.493 e. The van der Waals surface area contributed by atoms with Crippen LogP contribution < -0.4 is 14.8 Å². The smallest absolute Gasteiger partial charge is 0.407 e. The number of carbonyl (C=O) groups excluding carboxylic acids is 2. The lowest BCUT2D eigenvalue weighted by molar-refractivity contribution is -0.134. The van der Waals surface area contributed by atoms with Gasteiger partial charge in [0, 0.05) is 19.1 Å². The van der Waals surface area contributed by atoms with Crippen LogP contribution in [0.5, 0.6) is 11.5 Å². The summed E-state index contributed by atoms with van der Waals surface area (Å²) in [6.45, 7) is 3.26. The molecule has 0 bridgehead atoms. The summed E-state index contributed by atoms with van der Waals surface area (Å²) in [5, 5.41) is 2.81. The molecule has 0 aliphatic carbocycles. The third kappa shape index (κ3) is 5.04. The highest BCUT2D eigenvalue weighted by Gasteiger charge is 2.24. The molecule has 132 valence electrons. The second kappa shape index (κ2) is 9.00. The molecule has 1 saturated heterocycles. The average molecular weight is 336 g/mol. The van der Waals surface area contributed by atoms with E-state index < -0.39 is 6.09 Å².